The van der Waals surface area contributed by atoms with Crippen molar-refractivity contribution >= 4 is 11.7 Å². The predicted molar refractivity (Wildman–Crippen MR) is 86.7 cm³/mol. The Hall–Kier alpha value is -2.14. The number of benzene rings is 1. The van der Waals surface area contributed by atoms with Crippen LogP contribution in [0.5, 0.6) is 0 Å². The maximum absolute atomic E-state index is 11.9. The number of nitrogens with one attached hydrogen (secondary N) is 1. The van der Waals surface area contributed by atoms with Crippen molar-refractivity contribution in [3.63, 3.8) is 0 Å². The van der Waals surface area contributed by atoms with E-state index in [0.717, 1.165) is 6.54 Å². The smallest absolute Gasteiger partial charge is 0.239 e. The number of rotatable bonds is 6. The van der Waals surface area contributed by atoms with Crippen molar-refractivity contribution in [3.05, 3.63) is 47.2 Å². The molecule has 0 aliphatic carbocycles. The zero-order chi connectivity index (χ0) is 16.1. The lowest BCUT2D eigenvalue weighted by Crippen LogP contribution is -2.29. The van der Waals surface area contributed by atoms with Gasteiger partial charge in [-0.05, 0) is 31.0 Å². The van der Waals surface area contributed by atoms with Crippen LogP contribution in [-0.2, 0) is 11.3 Å². The number of anilines is 1. The fraction of sp³-hybridized carbons (Fsp3) is 0.412. The largest absolute Gasteiger partial charge is 0.360 e. The summed E-state index contributed by atoms with van der Waals surface area (Å²) in [6, 6.07) is 10.2. The molecule has 5 heteroatoms. The van der Waals surface area contributed by atoms with Crippen LogP contribution in [0.15, 0.2) is 34.9 Å². The van der Waals surface area contributed by atoms with Crippen LogP contribution in [0.25, 0.3) is 0 Å². The van der Waals surface area contributed by atoms with Crippen LogP contribution in [0.3, 0.4) is 0 Å². The van der Waals surface area contributed by atoms with Crippen molar-refractivity contribution in [1.82, 2.24) is 10.1 Å². The SMILES string of the molecule is Cc1cc(NC(=O)CN(C)Cc2ccc(C(C)C)cc2)no1. The molecule has 0 aliphatic heterocycles. The van der Waals surface area contributed by atoms with Gasteiger partial charge in [0.1, 0.15) is 5.76 Å². The van der Waals surface area contributed by atoms with Gasteiger partial charge in [0, 0.05) is 12.6 Å². The Morgan fingerprint density at radius 3 is 2.55 bits per heavy atom. The van der Waals surface area contributed by atoms with Crippen LogP contribution < -0.4 is 5.32 Å². The standard InChI is InChI=1S/C17H23N3O2/c1-12(2)15-7-5-14(6-8-15)10-20(4)11-17(21)18-16-9-13(3)22-19-16/h5-9,12H,10-11H2,1-4H3,(H,18,19,21). The number of carbonyl (C=O) groups is 1. The van der Waals surface area contributed by atoms with Gasteiger partial charge in [-0.15, -0.1) is 0 Å². The van der Waals surface area contributed by atoms with Crippen molar-refractivity contribution in [2.75, 3.05) is 18.9 Å². The van der Waals surface area contributed by atoms with Gasteiger partial charge in [-0.2, -0.15) is 0 Å². The molecular formula is C17H23N3O2. The van der Waals surface area contributed by atoms with E-state index in [1.54, 1.807) is 13.0 Å². The number of hydrogen-bond donors (Lipinski definition) is 1. The Labute approximate surface area is 131 Å². The maximum atomic E-state index is 11.9. The van der Waals surface area contributed by atoms with Crippen molar-refractivity contribution in [2.24, 2.45) is 0 Å². The lowest BCUT2D eigenvalue weighted by Gasteiger charge is -2.16. The highest BCUT2D eigenvalue weighted by Gasteiger charge is 2.10. The van der Waals surface area contributed by atoms with Gasteiger partial charge < -0.3 is 9.84 Å². The second kappa shape index (κ2) is 7.22. The third-order valence-corrected chi connectivity index (χ3v) is 3.41. The van der Waals surface area contributed by atoms with Crippen LogP contribution in [0.2, 0.25) is 0 Å². The minimum absolute atomic E-state index is 0.102. The van der Waals surface area contributed by atoms with Crippen LogP contribution >= 0.6 is 0 Å². The molecule has 0 atom stereocenters. The Morgan fingerprint density at radius 1 is 1.32 bits per heavy atom. The molecule has 118 valence electrons. The Kier molecular flexibility index (Phi) is 5.33. The molecule has 22 heavy (non-hydrogen) atoms. The second-order valence-corrected chi connectivity index (χ2v) is 5.94. The van der Waals surface area contributed by atoms with E-state index in [-0.39, 0.29) is 5.91 Å². The molecule has 1 heterocycles. The van der Waals surface area contributed by atoms with Crippen molar-refractivity contribution in [3.8, 4) is 0 Å². The summed E-state index contributed by atoms with van der Waals surface area (Å²) in [6.07, 6.45) is 0. The van der Waals surface area contributed by atoms with Gasteiger partial charge in [0.15, 0.2) is 5.82 Å². The number of likely N-dealkylation sites (N-methyl/N-ethyl adjacent to an activating group) is 1. The van der Waals surface area contributed by atoms with Crippen molar-refractivity contribution < 1.29 is 9.32 Å². The summed E-state index contributed by atoms with van der Waals surface area (Å²) < 4.78 is 4.92. The van der Waals surface area contributed by atoms with Crippen LogP contribution in [-0.4, -0.2) is 29.6 Å². The predicted octanol–water partition coefficient (Wildman–Crippen LogP) is 3.18. The topological polar surface area (TPSA) is 58.4 Å². The molecule has 2 aromatic rings. The second-order valence-electron chi connectivity index (χ2n) is 5.94. The number of carbonyl (C=O) groups excluding carboxylic acids is 1. The van der Waals surface area contributed by atoms with Gasteiger partial charge in [-0.1, -0.05) is 43.3 Å². The minimum Gasteiger partial charge on any atom is -0.360 e. The highest BCUT2D eigenvalue weighted by Crippen LogP contribution is 2.15. The van der Waals surface area contributed by atoms with Crippen LogP contribution in [0.1, 0.15) is 36.7 Å². The van der Waals surface area contributed by atoms with Crippen LogP contribution in [0.4, 0.5) is 5.82 Å². The van der Waals surface area contributed by atoms with E-state index >= 15 is 0 Å². The molecule has 0 saturated carbocycles. The molecule has 0 unspecified atom stereocenters. The molecule has 5 nitrogen and oxygen atoms in total. The van der Waals surface area contributed by atoms with Crippen molar-refractivity contribution in [2.45, 2.75) is 33.2 Å². The van der Waals surface area contributed by atoms with E-state index in [4.69, 9.17) is 4.52 Å². The maximum Gasteiger partial charge on any atom is 0.239 e. The fourth-order valence-corrected chi connectivity index (χ4v) is 2.23. The fourth-order valence-electron chi connectivity index (χ4n) is 2.23. The zero-order valence-corrected chi connectivity index (χ0v) is 13.6. The molecule has 1 aromatic heterocycles. The van der Waals surface area contributed by atoms with Crippen molar-refractivity contribution in [1.29, 1.82) is 0 Å². The van der Waals surface area contributed by atoms with E-state index in [1.165, 1.54) is 11.1 Å². The highest BCUT2D eigenvalue weighted by molar-refractivity contribution is 5.91. The molecule has 0 spiro atoms. The monoisotopic (exact) mass is 301 g/mol. The van der Waals surface area contributed by atoms with Gasteiger partial charge in [0.2, 0.25) is 5.91 Å². The summed E-state index contributed by atoms with van der Waals surface area (Å²) in [6.45, 7) is 7.17. The Morgan fingerprint density at radius 2 is 2.00 bits per heavy atom. The molecule has 1 amide bonds. The lowest BCUT2D eigenvalue weighted by atomic mass is 10.0. The summed E-state index contributed by atoms with van der Waals surface area (Å²) in [4.78, 5) is 13.9. The number of aromatic nitrogens is 1. The minimum atomic E-state index is -0.102. The first-order valence-corrected chi connectivity index (χ1v) is 7.44. The van der Waals surface area contributed by atoms with Gasteiger partial charge in [-0.25, -0.2) is 0 Å². The molecule has 2 rings (SSSR count). The quantitative estimate of drug-likeness (QED) is 0.890. The summed E-state index contributed by atoms with van der Waals surface area (Å²) in [7, 11) is 1.92. The molecule has 1 N–H and O–H groups in total. The number of hydrogen-bond acceptors (Lipinski definition) is 4. The average Bonchev–Trinajstić information content (AvgIpc) is 2.84. The van der Waals surface area contributed by atoms with E-state index < -0.39 is 0 Å². The molecule has 0 fully saturated rings. The highest BCUT2D eigenvalue weighted by atomic mass is 16.5. The summed E-state index contributed by atoms with van der Waals surface area (Å²) >= 11 is 0. The number of amides is 1. The third kappa shape index (κ3) is 4.70. The molecule has 0 saturated heterocycles. The summed E-state index contributed by atoms with van der Waals surface area (Å²) in [5.74, 6) is 1.56. The molecule has 0 radical (unpaired) electrons. The molecular weight excluding hydrogens is 278 g/mol. The van der Waals surface area contributed by atoms with Crippen LogP contribution in [0, 0.1) is 6.92 Å². The Bertz CT molecular complexity index is 617. The van der Waals surface area contributed by atoms with E-state index in [2.05, 4.69) is 48.6 Å². The normalized spacial score (nSPS) is 11.2. The van der Waals surface area contributed by atoms with E-state index in [0.29, 0.717) is 24.0 Å². The number of aryl methyl sites for hydroxylation is 1. The summed E-state index contributed by atoms with van der Waals surface area (Å²) in [5, 5.41) is 6.47. The molecule has 1 aromatic carbocycles. The Balaban J connectivity index is 1.84. The van der Waals surface area contributed by atoms with Gasteiger partial charge in [0.05, 0.1) is 6.54 Å². The zero-order valence-electron chi connectivity index (χ0n) is 13.6. The first-order valence-electron chi connectivity index (χ1n) is 7.44. The molecule has 0 aliphatic rings. The molecule has 0 bridgehead atoms. The average molecular weight is 301 g/mol. The lowest BCUT2D eigenvalue weighted by molar-refractivity contribution is -0.117. The van der Waals surface area contributed by atoms with Gasteiger partial charge in [-0.3, -0.25) is 9.69 Å². The first kappa shape index (κ1) is 16.2. The number of nitrogens with zero attached hydrogens (tertiary/aromatic N) is 2. The third-order valence-electron chi connectivity index (χ3n) is 3.41. The van der Waals surface area contributed by atoms with Gasteiger partial charge in [0.25, 0.3) is 0 Å². The summed E-state index contributed by atoms with van der Waals surface area (Å²) in [5.41, 5.74) is 2.52. The van der Waals surface area contributed by atoms with E-state index in [1.807, 2.05) is 11.9 Å². The first-order chi connectivity index (χ1) is 10.4. The van der Waals surface area contributed by atoms with E-state index in [9.17, 15) is 4.79 Å². The van der Waals surface area contributed by atoms with Gasteiger partial charge >= 0.3 is 0 Å².